The first-order valence-corrected chi connectivity index (χ1v) is 6.42. The number of rotatable bonds is 3. The lowest BCUT2D eigenvalue weighted by Crippen LogP contribution is -1.94. The highest BCUT2D eigenvalue weighted by Crippen LogP contribution is 2.26. The third-order valence-electron chi connectivity index (χ3n) is 3.23. The van der Waals surface area contributed by atoms with E-state index in [1.807, 2.05) is 30.3 Å². The number of benzene rings is 2. The lowest BCUT2D eigenvalue weighted by molar-refractivity contribution is -0.131. The lowest BCUT2D eigenvalue weighted by atomic mass is 10.0. The molecule has 2 aromatic carbocycles. The molecule has 21 heavy (non-hydrogen) atoms. The van der Waals surface area contributed by atoms with E-state index >= 15 is 0 Å². The molecule has 0 fully saturated rings. The first kappa shape index (κ1) is 13.1. The van der Waals surface area contributed by atoms with E-state index in [0.29, 0.717) is 16.7 Å². The molecule has 0 saturated heterocycles. The monoisotopic (exact) mass is 281 g/mol. The van der Waals surface area contributed by atoms with Crippen molar-refractivity contribution in [1.29, 1.82) is 0 Å². The zero-order chi connectivity index (χ0) is 14.8. The number of carbonyl (C=O) groups is 1. The van der Waals surface area contributed by atoms with Gasteiger partial charge < -0.3 is 10.1 Å². The summed E-state index contributed by atoms with van der Waals surface area (Å²) in [5, 5.41) is 9.78. The number of nitrogens with one attached hydrogen (secondary N) is 1. The molecule has 4 heteroatoms. The van der Waals surface area contributed by atoms with Crippen LogP contribution in [-0.2, 0) is 4.79 Å². The van der Waals surface area contributed by atoms with Crippen molar-refractivity contribution >= 4 is 22.4 Å². The average Bonchev–Trinajstić information content (AvgIpc) is 2.88. The van der Waals surface area contributed by atoms with Crippen LogP contribution in [0.2, 0.25) is 0 Å². The highest BCUT2D eigenvalue weighted by Gasteiger charge is 2.10. The maximum Gasteiger partial charge on any atom is 0.329 e. The summed E-state index contributed by atoms with van der Waals surface area (Å²) < 4.78 is 13.3. The summed E-state index contributed by atoms with van der Waals surface area (Å²) in [6.07, 6.45) is 1.15. The molecule has 1 heterocycles. The molecular formula is C17H12FNO2. The summed E-state index contributed by atoms with van der Waals surface area (Å²) in [5.74, 6) is -1.35. The molecule has 0 aliphatic rings. The Morgan fingerprint density at radius 2 is 1.86 bits per heavy atom. The van der Waals surface area contributed by atoms with E-state index in [-0.39, 0.29) is 5.82 Å². The largest absolute Gasteiger partial charge is 0.478 e. The summed E-state index contributed by atoms with van der Waals surface area (Å²) in [6.45, 7) is 0. The number of carboxylic acids is 1. The maximum absolute atomic E-state index is 13.3. The molecule has 0 spiro atoms. The topological polar surface area (TPSA) is 53.1 Å². The fourth-order valence-electron chi connectivity index (χ4n) is 2.31. The predicted molar refractivity (Wildman–Crippen MR) is 79.4 cm³/mol. The SMILES string of the molecule is O=C(O)/C=C(\c1ccccc1)c1cc2cc(F)ccc2[nH]1. The zero-order valence-corrected chi connectivity index (χ0v) is 11.0. The van der Waals surface area contributed by atoms with Crippen molar-refractivity contribution in [1.82, 2.24) is 4.98 Å². The van der Waals surface area contributed by atoms with E-state index in [4.69, 9.17) is 5.11 Å². The summed E-state index contributed by atoms with van der Waals surface area (Å²) >= 11 is 0. The van der Waals surface area contributed by atoms with Crippen LogP contribution >= 0.6 is 0 Å². The van der Waals surface area contributed by atoms with Crippen LogP contribution in [0, 0.1) is 5.82 Å². The van der Waals surface area contributed by atoms with Gasteiger partial charge in [0.25, 0.3) is 0 Å². The molecule has 0 aliphatic carbocycles. The molecule has 3 aromatic rings. The third kappa shape index (κ3) is 2.69. The summed E-state index contributed by atoms with van der Waals surface area (Å²) in [4.78, 5) is 14.2. The van der Waals surface area contributed by atoms with Gasteiger partial charge in [-0.3, -0.25) is 0 Å². The van der Waals surface area contributed by atoms with Gasteiger partial charge in [0.15, 0.2) is 0 Å². The highest BCUT2D eigenvalue weighted by molar-refractivity contribution is 5.97. The minimum atomic E-state index is -1.03. The molecule has 0 saturated carbocycles. The minimum Gasteiger partial charge on any atom is -0.478 e. The molecule has 104 valence electrons. The number of aliphatic carboxylic acids is 1. The van der Waals surface area contributed by atoms with Crippen molar-refractivity contribution in [3.63, 3.8) is 0 Å². The molecule has 2 N–H and O–H groups in total. The first-order chi connectivity index (χ1) is 10.1. The Hall–Kier alpha value is -2.88. The number of aromatic amines is 1. The van der Waals surface area contributed by atoms with E-state index in [1.165, 1.54) is 12.1 Å². The van der Waals surface area contributed by atoms with Crippen LogP contribution in [0.4, 0.5) is 4.39 Å². The molecule has 0 amide bonds. The Balaban J connectivity index is 2.17. The van der Waals surface area contributed by atoms with Crippen LogP contribution in [0.1, 0.15) is 11.3 Å². The number of aromatic nitrogens is 1. The van der Waals surface area contributed by atoms with Crippen molar-refractivity contribution in [3.8, 4) is 0 Å². The van der Waals surface area contributed by atoms with Crippen LogP contribution in [0.25, 0.3) is 16.5 Å². The van der Waals surface area contributed by atoms with Crippen LogP contribution in [0.5, 0.6) is 0 Å². The molecule has 0 radical (unpaired) electrons. The van der Waals surface area contributed by atoms with Crippen LogP contribution < -0.4 is 0 Å². The van der Waals surface area contributed by atoms with Gasteiger partial charge in [0.05, 0.1) is 0 Å². The predicted octanol–water partition coefficient (Wildman–Crippen LogP) is 3.82. The van der Waals surface area contributed by atoms with E-state index in [9.17, 15) is 9.18 Å². The fraction of sp³-hybridized carbons (Fsp3) is 0. The van der Waals surface area contributed by atoms with Crippen LogP contribution in [0.3, 0.4) is 0 Å². The molecule has 1 aromatic heterocycles. The Morgan fingerprint density at radius 3 is 2.57 bits per heavy atom. The van der Waals surface area contributed by atoms with Crippen molar-refractivity contribution in [2.45, 2.75) is 0 Å². The van der Waals surface area contributed by atoms with Crippen LogP contribution in [0.15, 0.2) is 60.7 Å². The third-order valence-corrected chi connectivity index (χ3v) is 3.23. The number of carboxylic acid groups (broad SMARTS) is 1. The van der Waals surface area contributed by atoms with Crippen molar-refractivity contribution in [2.24, 2.45) is 0 Å². The van der Waals surface area contributed by atoms with Gasteiger partial charge in [0, 0.05) is 28.2 Å². The number of H-pyrrole nitrogens is 1. The number of fused-ring (bicyclic) bond motifs is 1. The molecule has 0 unspecified atom stereocenters. The quantitative estimate of drug-likeness (QED) is 0.717. The average molecular weight is 281 g/mol. The second-order valence-electron chi connectivity index (χ2n) is 4.68. The summed E-state index contributed by atoms with van der Waals surface area (Å²) in [6, 6.07) is 15.4. The second kappa shape index (κ2) is 5.25. The summed E-state index contributed by atoms with van der Waals surface area (Å²) in [5.41, 5.74) is 2.74. The Morgan fingerprint density at radius 1 is 1.10 bits per heavy atom. The Kier molecular flexibility index (Phi) is 3.28. The van der Waals surface area contributed by atoms with Gasteiger partial charge in [-0.1, -0.05) is 30.3 Å². The zero-order valence-electron chi connectivity index (χ0n) is 11.0. The molecule has 0 aliphatic heterocycles. The molecule has 0 atom stereocenters. The van der Waals surface area contributed by atoms with E-state index in [1.54, 1.807) is 12.1 Å². The molecule has 0 bridgehead atoms. The maximum atomic E-state index is 13.3. The van der Waals surface area contributed by atoms with Gasteiger partial charge in [-0.15, -0.1) is 0 Å². The van der Waals surface area contributed by atoms with Gasteiger partial charge in [0.1, 0.15) is 5.82 Å². The molecular weight excluding hydrogens is 269 g/mol. The molecule has 3 nitrogen and oxygen atoms in total. The van der Waals surface area contributed by atoms with Gasteiger partial charge in [-0.2, -0.15) is 0 Å². The van der Waals surface area contributed by atoms with Crippen molar-refractivity contribution in [3.05, 3.63) is 77.7 Å². The second-order valence-corrected chi connectivity index (χ2v) is 4.68. The minimum absolute atomic E-state index is 0.323. The van der Waals surface area contributed by atoms with Crippen molar-refractivity contribution in [2.75, 3.05) is 0 Å². The lowest BCUT2D eigenvalue weighted by Gasteiger charge is -2.04. The van der Waals surface area contributed by atoms with E-state index < -0.39 is 5.97 Å². The first-order valence-electron chi connectivity index (χ1n) is 6.42. The van der Waals surface area contributed by atoms with E-state index in [2.05, 4.69) is 4.98 Å². The van der Waals surface area contributed by atoms with Crippen LogP contribution in [-0.4, -0.2) is 16.1 Å². The Labute approximate surface area is 120 Å². The summed E-state index contributed by atoms with van der Waals surface area (Å²) in [7, 11) is 0. The smallest absolute Gasteiger partial charge is 0.329 e. The number of hydrogen-bond acceptors (Lipinski definition) is 1. The number of halogens is 1. The molecule has 3 rings (SSSR count). The highest BCUT2D eigenvalue weighted by atomic mass is 19.1. The van der Waals surface area contributed by atoms with Gasteiger partial charge in [-0.25, -0.2) is 9.18 Å². The standard InChI is InChI=1S/C17H12FNO2/c18-13-6-7-15-12(8-13)9-16(19-15)14(10-17(20)21)11-4-2-1-3-5-11/h1-10,19H,(H,20,21)/b14-10+. The van der Waals surface area contributed by atoms with Gasteiger partial charge >= 0.3 is 5.97 Å². The van der Waals surface area contributed by atoms with Gasteiger partial charge in [0.2, 0.25) is 0 Å². The Bertz CT molecular complexity index is 834. The van der Waals surface area contributed by atoms with Crippen molar-refractivity contribution < 1.29 is 14.3 Å². The fourth-order valence-corrected chi connectivity index (χ4v) is 2.31. The van der Waals surface area contributed by atoms with E-state index in [0.717, 1.165) is 17.2 Å². The number of hydrogen-bond donors (Lipinski definition) is 2. The van der Waals surface area contributed by atoms with Gasteiger partial charge in [-0.05, 0) is 29.8 Å². The normalized spacial score (nSPS) is 11.8.